The number of hydrogen-bond acceptors (Lipinski definition) is 2. The van der Waals surface area contributed by atoms with Crippen LogP contribution < -0.4 is 4.74 Å². The number of benzene rings is 3. The van der Waals surface area contributed by atoms with E-state index in [1.807, 2.05) is 79.9 Å². The van der Waals surface area contributed by atoms with Crippen molar-refractivity contribution in [2.75, 3.05) is 0 Å². The van der Waals surface area contributed by atoms with Crippen molar-refractivity contribution in [1.82, 2.24) is 0 Å². The Bertz CT molecular complexity index is 876. The molecule has 2 nitrogen and oxygen atoms in total. The fourth-order valence-electron chi connectivity index (χ4n) is 2.51. The number of rotatable bonds is 6. The van der Waals surface area contributed by atoms with Gasteiger partial charge in [-0.1, -0.05) is 59.6 Å². The fourth-order valence-corrected chi connectivity index (χ4v) is 3.08. The van der Waals surface area contributed by atoms with Crippen LogP contribution >= 0.6 is 23.2 Å². The zero-order chi connectivity index (χ0) is 18.4. The standard InChI is InChI=1S/C22H19Cl2NO/c1-16(21-12-9-19(23)13-22(21)24)25-14-17-7-10-20(11-8-17)26-15-18-5-3-2-4-6-18/h2-14,16H,15H2,1H3/b25-14-/t16-/m1/s1. The molecule has 0 N–H and O–H groups in total. The molecule has 0 aromatic heterocycles. The summed E-state index contributed by atoms with van der Waals surface area (Å²) in [5.74, 6) is 0.833. The first kappa shape index (κ1) is 18.5. The van der Waals surface area contributed by atoms with E-state index in [0.29, 0.717) is 16.7 Å². The Hall–Kier alpha value is -2.29. The summed E-state index contributed by atoms with van der Waals surface area (Å²) in [7, 11) is 0. The zero-order valence-electron chi connectivity index (χ0n) is 14.4. The van der Waals surface area contributed by atoms with Gasteiger partial charge in [-0.2, -0.15) is 0 Å². The molecule has 0 aliphatic heterocycles. The third-order valence-electron chi connectivity index (χ3n) is 3.99. The Kier molecular flexibility index (Phi) is 6.32. The normalized spacial score (nSPS) is 12.3. The van der Waals surface area contributed by atoms with Gasteiger partial charge in [0.25, 0.3) is 0 Å². The topological polar surface area (TPSA) is 21.6 Å². The monoisotopic (exact) mass is 383 g/mol. The van der Waals surface area contributed by atoms with E-state index in [2.05, 4.69) is 4.99 Å². The van der Waals surface area contributed by atoms with Crippen LogP contribution in [-0.4, -0.2) is 6.21 Å². The van der Waals surface area contributed by atoms with Crippen molar-refractivity contribution >= 4 is 29.4 Å². The molecule has 0 heterocycles. The maximum Gasteiger partial charge on any atom is 0.119 e. The summed E-state index contributed by atoms with van der Waals surface area (Å²) in [6, 6.07) is 23.4. The molecular formula is C22H19Cl2NO. The summed E-state index contributed by atoms with van der Waals surface area (Å²) in [5, 5.41) is 1.26. The molecular weight excluding hydrogens is 365 g/mol. The van der Waals surface area contributed by atoms with Gasteiger partial charge < -0.3 is 4.74 Å². The lowest BCUT2D eigenvalue weighted by Crippen LogP contribution is -1.95. The van der Waals surface area contributed by atoms with Crippen molar-refractivity contribution in [2.24, 2.45) is 4.99 Å². The van der Waals surface area contributed by atoms with Crippen molar-refractivity contribution in [3.8, 4) is 5.75 Å². The molecule has 0 saturated heterocycles. The van der Waals surface area contributed by atoms with Crippen molar-refractivity contribution in [2.45, 2.75) is 19.6 Å². The highest BCUT2D eigenvalue weighted by Crippen LogP contribution is 2.28. The molecule has 0 radical (unpaired) electrons. The maximum absolute atomic E-state index is 6.24. The Labute approximate surface area is 164 Å². The van der Waals surface area contributed by atoms with Gasteiger partial charge in [0, 0.05) is 16.3 Å². The average Bonchev–Trinajstić information content (AvgIpc) is 2.66. The number of nitrogens with zero attached hydrogens (tertiary/aromatic N) is 1. The Morgan fingerprint density at radius 2 is 1.69 bits per heavy atom. The minimum Gasteiger partial charge on any atom is -0.489 e. The van der Waals surface area contributed by atoms with Crippen LogP contribution in [0.25, 0.3) is 0 Å². The van der Waals surface area contributed by atoms with Crippen LogP contribution in [0.15, 0.2) is 77.8 Å². The lowest BCUT2D eigenvalue weighted by Gasteiger charge is -2.09. The molecule has 0 aliphatic rings. The number of ether oxygens (including phenoxy) is 1. The predicted molar refractivity (Wildman–Crippen MR) is 110 cm³/mol. The van der Waals surface area contributed by atoms with Gasteiger partial charge in [-0.25, -0.2) is 0 Å². The van der Waals surface area contributed by atoms with E-state index in [0.717, 1.165) is 22.4 Å². The van der Waals surface area contributed by atoms with E-state index in [1.165, 1.54) is 0 Å². The Morgan fingerprint density at radius 3 is 2.38 bits per heavy atom. The second-order valence-electron chi connectivity index (χ2n) is 5.96. The van der Waals surface area contributed by atoms with Gasteiger partial charge in [-0.15, -0.1) is 0 Å². The number of halogens is 2. The SMILES string of the molecule is C[C@@H](/N=C\c1ccc(OCc2ccccc2)cc1)c1ccc(Cl)cc1Cl. The van der Waals surface area contributed by atoms with Gasteiger partial charge in [0.1, 0.15) is 12.4 Å². The summed E-state index contributed by atoms with van der Waals surface area (Å²) >= 11 is 12.2. The number of aliphatic imine (C=N–C) groups is 1. The first-order valence-corrected chi connectivity index (χ1v) is 9.12. The van der Waals surface area contributed by atoms with Gasteiger partial charge >= 0.3 is 0 Å². The highest BCUT2D eigenvalue weighted by atomic mass is 35.5. The van der Waals surface area contributed by atoms with E-state index in [1.54, 1.807) is 6.07 Å². The van der Waals surface area contributed by atoms with E-state index < -0.39 is 0 Å². The maximum atomic E-state index is 6.24. The molecule has 3 aromatic rings. The molecule has 0 fully saturated rings. The quantitative estimate of drug-likeness (QED) is 0.431. The lowest BCUT2D eigenvalue weighted by atomic mass is 10.1. The summed E-state index contributed by atoms with van der Waals surface area (Å²) < 4.78 is 5.79. The largest absolute Gasteiger partial charge is 0.489 e. The molecule has 26 heavy (non-hydrogen) atoms. The molecule has 0 bridgehead atoms. The summed E-state index contributed by atoms with van der Waals surface area (Å²) in [6.07, 6.45) is 1.84. The average molecular weight is 384 g/mol. The molecule has 3 rings (SSSR count). The van der Waals surface area contributed by atoms with Crippen LogP contribution in [0, 0.1) is 0 Å². The van der Waals surface area contributed by atoms with Crippen molar-refractivity contribution in [3.05, 3.63) is 99.5 Å². The summed E-state index contributed by atoms with van der Waals surface area (Å²) in [6.45, 7) is 2.56. The lowest BCUT2D eigenvalue weighted by molar-refractivity contribution is 0.306. The molecule has 0 unspecified atom stereocenters. The van der Waals surface area contributed by atoms with Crippen molar-refractivity contribution < 1.29 is 4.74 Å². The van der Waals surface area contributed by atoms with Crippen LogP contribution in [-0.2, 0) is 6.61 Å². The van der Waals surface area contributed by atoms with Crippen LogP contribution in [0.5, 0.6) is 5.75 Å². The first-order valence-electron chi connectivity index (χ1n) is 8.37. The molecule has 132 valence electrons. The van der Waals surface area contributed by atoms with E-state index in [-0.39, 0.29) is 6.04 Å². The van der Waals surface area contributed by atoms with Crippen LogP contribution in [0.1, 0.15) is 29.7 Å². The van der Waals surface area contributed by atoms with Crippen LogP contribution in [0.2, 0.25) is 10.0 Å². The summed E-state index contributed by atoms with van der Waals surface area (Å²) in [4.78, 5) is 4.59. The molecule has 0 saturated carbocycles. The van der Waals surface area contributed by atoms with E-state index >= 15 is 0 Å². The smallest absolute Gasteiger partial charge is 0.119 e. The molecule has 0 spiro atoms. The molecule has 0 aliphatic carbocycles. The highest BCUT2D eigenvalue weighted by Gasteiger charge is 2.08. The van der Waals surface area contributed by atoms with Gasteiger partial charge in [0.05, 0.1) is 6.04 Å². The third-order valence-corrected chi connectivity index (χ3v) is 4.55. The van der Waals surface area contributed by atoms with Gasteiger partial charge in [0.15, 0.2) is 0 Å². The number of hydrogen-bond donors (Lipinski definition) is 0. The second kappa shape index (κ2) is 8.88. The minimum absolute atomic E-state index is 0.0474. The summed E-state index contributed by atoms with van der Waals surface area (Å²) in [5.41, 5.74) is 3.11. The zero-order valence-corrected chi connectivity index (χ0v) is 15.9. The van der Waals surface area contributed by atoms with Crippen molar-refractivity contribution in [3.63, 3.8) is 0 Å². The fraction of sp³-hybridized carbons (Fsp3) is 0.136. The predicted octanol–water partition coefficient (Wildman–Crippen LogP) is 6.75. The first-order chi connectivity index (χ1) is 12.6. The van der Waals surface area contributed by atoms with Crippen LogP contribution in [0.4, 0.5) is 0 Å². The van der Waals surface area contributed by atoms with Gasteiger partial charge in [0.2, 0.25) is 0 Å². The molecule has 4 heteroatoms. The molecule has 1 atom stereocenters. The second-order valence-corrected chi connectivity index (χ2v) is 6.81. The van der Waals surface area contributed by atoms with E-state index in [4.69, 9.17) is 27.9 Å². The van der Waals surface area contributed by atoms with Crippen molar-refractivity contribution in [1.29, 1.82) is 0 Å². The Morgan fingerprint density at radius 1 is 0.962 bits per heavy atom. The van der Waals surface area contributed by atoms with Crippen LogP contribution in [0.3, 0.4) is 0 Å². The minimum atomic E-state index is -0.0474. The van der Waals surface area contributed by atoms with Gasteiger partial charge in [-0.05, 0) is 60.0 Å². The molecule has 0 amide bonds. The highest BCUT2D eigenvalue weighted by molar-refractivity contribution is 6.35. The molecule has 3 aromatic carbocycles. The van der Waals surface area contributed by atoms with Gasteiger partial charge in [-0.3, -0.25) is 4.99 Å². The third kappa shape index (κ3) is 5.10. The van der Waals surface area contributed by atoms with E-state index in [9.17, 15) is 0 Å². The Balaban J connectivity index is 1.60.